The zero-order valence-electron chi connectivity index (χ0n) is 14.0. The molecule has 2 N–H and O–H groups in total. The normalized spacial score (nSPS) is 20.4. The summed E-state index contributed by atoms with van der Waals surface area (Å²) in [5.74, 6) is 1.04. The molecule has 1 aromatic rings. The number of nitrogens with zero attached hydrogens (tertiary/aromatic N) is 1. The van der Waals surface area contributed by atoms with Gasteiger partial charge in [0.05, 0.1) is 6.61 Å². The van der Waals surface area contributed by atoms with Crippen molar-refractivity contribution in [2.24, 2.45) is 0 Å². The van der Waals surface area contributed by atoms with Crippen LogP contribution in [-0.2, 0) is 4.74 Å². The predicted octanol–water partition coefficient (Wildman–Crippen LogP) is 2.58. The molecule has 1 aliphatic rings. The van der Waals surface area contributed by atoms with Gasteiger partial charge in [0.2, 0.25) is 0 Å². The smallest absolute Gasteiger partial charge is 0.330 e. The van der Waals surface area contributed by atoms with E-state index < -0.39 is 23.6 Å². The monoisotopic (exact) mass is 372 g/mol. The molecule has 0 spiro atoms. The van der Waals surface area contributed by atoms with Gasteiger partial charge in [-0.05, 0) is 19.4 Å². The summed E-state index contributed by atoms with van der Waals surface area (Å²) >= 11 is 0. The van der Waals surface area contributed by atoms with E-state index in [0.717, 1.165) is 10.7 Å². The van der Waals surface area contributed by atoms with E-state index in [1.165, 1.54) is 36.4 Å². The average molecular weight is 373 g/mol. The van der Waals surface area contributed by atoms with Crippen LogP contribution in [0, 0.1) is 6.92 Å². The number of H-pyrrole nitrogens is 1. The molecule has 6 nitrogen and oxygen atoms in total. The molecule has 2 heterocycles. The number of aryl methyl sites for hydroxylation is 1. The van der Waals surface area contributed by atoms with E-state index in [2.05, 4.69) is 11.9 Å². The molecule has 0 amide bonds. The fraction of sp³-hybridized carbons (Fsp3) is 0.625. The van der Waals surface area contributed by atoms with Crippen LogP contribution in [0.25, 0.3) is 0 Å². The van der Waals surface area contributed by atoms with Gasteiger partial charge in [0.1, 0.15) is 6.10 Å². The van der Waals surface area contributed by atoms with E-state index in [-0.39, 0.29) is 6.61 Å². The Hall–Kier alpha value is -0.960. The van der Waals surface area contributed by atoms with E-state index in [0.29, 0.717) is 5.56 Å². The van der Waals surface area contributed by atoms with Crippen molar-refractivity contribution >= 4 is 21.6 Å². The van der Waals surface area contributed by atoms with Crippen molar-refractivity contribution in [1.29, 1.82) is 0 Å². The summed E-state index contributed by atoms with van der Waals surface area (Å²) in [5, 5.41) is 9.51. The third-order valence-electron chi connectivity index (χ3n) is 3.75. The van der Waals surface area contributed by atoms with Gasteiger partial charge in [-0.2, -0.15) is 0 Å². The highest BCUT2D eigenvalue weighted by Crippen LogP contribution is 2.40. The minimum atomic E-state index is -0.603. The number of hydrogen-bond acceptors (Lipinski definition) is 6. The molecule has 0 saturated carbocycles. The summed E-state index contributed by atoms with van der Waals surface area (Å²) in [7, 11) is 3.33. The van der Waals surface area contributed by atoms with Crippen LogP contribution in [0.3, 0.4) is 0 Å². The van der Waals surface area contributed by atoms with E-state index in [9.17, 15) is 14.7 Å². The van der Waals surface area contributed by atoms with Crippen molar-refractivity contribution in [1.82, 2.24) is 9.55 Å². The lowest BCUT2D eigenvalue weighted by Gasteiger charge is -2.15. The Bertz CT molecular complexity index is 683. The molecule has 0 radical (unpaired) electrons. The number of aromatic nitrogens is 2. The third-order valence-corrected chi connectivity index (χ3v) is 6.35. The fourth-order valence-electron chi connectivity index (χ4n) is 2.36. The highest BCUT2D eigenvalue weighted by Gasteiger charge is 2.29. The highest BCUT2D eigenvalue weighted by molar-refractivity contribution is 8.78. The van der Waals surface area contributed by atoms with Gasteiger partial charge in [-0.25, -0.2) is 4.79 Å². The molecule has 0 unspecified atom stereocenters. The predicted molar refractivity (Wildman–Crippen MR) is 99.3 cm³/mol. The molecular formula is C16H24N2O4S2. The van der Waals surface area contributed by atoms with E-state index in [4.69, 9.17) is 4.74 Å². The van der Waals surface area contributed by atoms with Crippen LogP contribution in [0.1, 0.15) is 44.4 Å². The highest BCUT2D eigenvalue weighted by atomic mass is 33.1. The number of unbranched alkanes of at least 4 members (excludes halogenated alkanes) is 3. The van der Waals surface area contributed by atoms with Gasteiger partial charge < -0.3 is 9.84 Å². The van der Waals surface area contributed by atoms with Crippen molar-refractivity contribution in [3.8, 4) is 0 Å². The molecule has 0 aromatic carbocycles. The number of rotatable bonds is 9. The molecule has 24 heavy (non-hydrogen) atoms. The van der Waals surface area contributed by atoms with Gasteiger partial charge in [-0.1, -0.05) is 47.8 Å². The lowest BCUT2D eigenvalue weighted by Crippen LogP contribution is -2.33. The Balaban J connectivity index is 2.01. The van der Waals surface area contributed by atoms with Crippen molar-refractivity contribution in [3.63, 3.8) is 0 Å². The van der Waals surface area contributed by atoms with Gasteiger partial charge in [0.15, 0.2) is 6.23 Å². The number of aromatic amines is 1. The molecule has 0 saturated heterocycles. The quantitative estimate of drug-likeness (QED) is 0.512. The average Bonchev–Trinajstić information content (AvgIpc) is 2.97. The molecule has 0 aliphatic carbocycles. The fourth-order valence-corrected chi connectivity index (χ4v) is 4.81. The van der Waals surface area contributed by atoms with Gasteiger partial charge in [0, 0.05) is 22.4 Å². The molecule has 8 heteroatoms. The SMILES string of the molecule is CCCCCCSSC1=C[C@H](n2cc(C)c(=O)[nH]c2=O)O[C@@H]1CO. The second-order valence-corrected chi connectivity index (χ2v) is 8.20. The first-order chi connectivity index (χ1) is 11.6. The second-order valence-electron chi connectivity index (χ2n) is 5.71. The van der Waals surface area contributed by atoms with E-state index >= 15 is 0 Å². The van der Waals surface area contributed by atoms with E-state index in [1.807, 2.05) is 6.08 Å². The van der Waals surface area contributed by atoms with Crippen molar-refractivity contribution in [3.05, 3.63) is 43.6 Å². The lowest BCUT2D eigenvalue weighted by atomic mass is 10.2. The summed E-state index contributed by atoms with van der Waals surface area (Å²) in [6.45, 7) is 3.69. The Morgan fingerprint density at radius 3 is 2.83 bits per heavy atom. The van der Waals surface area contributed by atoms with Crippen LogP contribution >= 0.6 is 21.6 Å². The zero-order valence-corrected chi connectivity index (χ0v) is 15.6. The van der Waals surface area contributed by atoms with Gasteiger partial charge in [0.25, 0.3) is 5.56 Å². The molecule has 1 aliphatic heterocycles. The van der Waals surface area contributed by atoms with Crippen LogP contribution in [0.15, 0.2) is 26.8 Å². The molecule has 2 atom stereocenters. The van der Waals surface area contributed by atoms with Crippen LogP contribution in [0.5, 0.6) is 0 Å². The maximum atomic E-state index is 12.0. The van der Waals surface area contributed by atoms with Gasteiger partial charge in [-0.15, -0.1) is 0 Å². The summed E-state index contributed by atoms with van der Waals surface area (Å²) in [6.07, 6.45) is 7.18. The van der Waals surface area contributed by atoms with E-state index in [1.54, 1.807) is 28.5 Å². The maximum Gasteiger partial charge on any atom is 0.330 e. The molecule has 0 bridgehead atoms. The second kappa shape index (κ2) is 9.50. The molecule has 134 valence electrons. The molecule has 0 fully saturated rings. The molecule has 2 rings (SSSR count). The Kier molecular flexibility index (Phi) is 7.67. The minimum Gasteiger partial charge on any atom is -0.393 e. The summed E-state index contributed by atoms with van der Waals surface area (Å²) in [4.78, 5) is 26.6. The Labute approximate surface area is 149 Å². The number of aliphatic hydroxyl groups is 1. The summed E-state index contributed by atoms with van der Waals surface area (Å²) < 4.78 is 7.09. The number of nitrogens with one attached hydrogen (secondary N) is 1. The lowest BCUT2D eigenvalue weighted by molar-refractivity contribution is -0.0115. The van der Waals surface area contributed by atoms with Crippen molar-refractivity contribution in [2.45, 2.75) is 51.9 Å². The van der Waals surface area contributed by atoms with Crippen LogP contribution in [-0.4, -0.2) is 33.1 Å². The first-order valence-corrected chi connectivity index (χ1v) is 10.5. The standard InChI is InChI=1S/C16H24N2O4S2/c1-3-4-5-6-7-23-24-13-8-14(22-12(13)10-19)18-9-11(2)15(20)17-16(18)21/h8-9,12,14,19H,3-7,10H2,1-2H3,(H,17,20,21)/t12-,14-/m1/s1. The van der Waals surface area contributed by atoms with Crippen LogP contribution in [0.4, 0.5) is 0 Å². The van der Waals surface area contributed by atoms with Crippen LogP contribution in [0.2, 0.25) is 0 Å². The first-order valence-electron chi connectivity index (χ1n) is 8.16. The first kappa shape index (κ1) is 19.4. The molecule has 1 aromatic heterocycles. The number of aliphatic hydroxyl groups excluding tert-OH is 1. The summed E-state index contributed by atoms with van der Waals surface area (Å²) in [5.41, 5.74) is -0.463. The Morgan fingerprint density at radius 1 is 1.33 bits per heavy atom. The minimum absolute atomic E-state index is 0.136. The van der Waals surface area contributed by atoms with Crippen molar-refractivity contribution < 1.29 is 9.84 Å². The summed E-state index contributed by atoms with van der Waals surface area (Å²) in [6, 6.07) is 0. The number of hydrogen-bond donors (Lipinski definition) is 2. The molecular weight excluding hydrogens is 348 g/mol. The maximum absolute atomic E-state index is 12.0. The largest absolute Gasteiger partial charge is 0.393 e. The zero-order chi connectivity index (χ0) is 17.5. The third kappa shape index (κ3) is 5.02. The topological polar surface area (TPSA) is 84.3 Å². The van der Waals surface area contributed by atoms with Gasteiger partial charge >= 0.3 is 5.69 Å². The number of ether oxygens (including phenoxy) is 1. The van der Waals surface area contributed by atoms with Gasteiger partial charge in [-0.3, -0.25) is 14.3 Å². The van der Waals surface area contributed by atoms with Crippen LogP contribution < -0.4 is 11.2 Å². The van der Waals surface area contributed by atoms with Crippen molar-refractivity contribution in [2.75, 3.05) is 12.4 Å². The Morgan fingerprint density at radius 2 is 2.12 bits per heavy atom.